The van der Waals surface area contributed by atoms with Gasteiger partial charge in [-0.2, -0.15) is 5.10 Å². The fraction of sp³-hybridized carbons (Fsp3) is 0.333. The summed E-state index contributed by atoms with van der Waals surface area (Å²) in [5, 5.41) is 14.7. The van der Waals surface area contributed by atoms with Gasteiger partial charge >= 0.3 is 5.97 Å². The average Bonchev–Trinajstić information content (AvgIpc) is 3.44. The first kappa shape index (κ1) is 21.4. The van der Waals surface area contributed by atoms with Crippen molar-refractivity contribution in [2.45, 2.75) is 51.5 Å². The van der Waals surface area contributed by atoms with Crippen LogP contribution in [0.15, 0.2) is 54.6 Å². The van der Waals surface area contributed by atoms with E-state index in [4.69, 9.17) is 26.2 Å². The highest BCUT2D eigenvalue weighted by Gasteiger charge is 2.28. The molecule has 31 heavy (non-hydrogen) atoms. The molecular formula is C24H25ClN2O4. The summed E-state index contributed by atoms with van der Waals surface area (Å²) in [7, 11) is 0. The molecule has 3 aromatic rings. The van der Waals surface area contributed by atoms with E-state index in [1.807, 2.05) is 59.3 Å². The molecule has 162 valence electrons. The lowest BCUT2D eigenvalue weighted by Crippen LogP contribution is -2.34. The normalized spacial score (nSPS) is 13.9. The summed E-state index contributed by atoms with van der Waals surface area (Å²) in [6.07, 6.45) is 2.50. The number of hydrogen-bond donors (Lipinski definition) is 1. The Balaban J connectivity index is 1.64. The molecule has 1 heterocycles. The van der Waals surface area contributed by atoms with Crippen molar-refractivity contribution in [3.8, 4) is 17.0 Å². The Labute approximate surface area is 186 Å². The first-order valence-electron chi connectivity index (χ1n) is 10.3. The Bertz CT molecular complexity index is 1090. The van der Waals surface area contributed by atoms with Crippen LogP contribution >= 0.6 is 11.6 Å². The van der Waals surface area contributed by atoms with Gasteiger partial charge in [0.15, 0.2) is 5.60 Å². The zero-order chi connectivity index (χ0) is 22.0. The van der Waals surface area contributed by atoms with Crippen LogP contribution in [0, 0.1) is 0 Å². The van der Waals surface area contributed by atoms with Crippen LogP contribution in [0.4, 0.5) is 0 Å². The van der Waals surface area contributed by atoms with Crippen LogP contribution in [-0.2, 0) is 22.7 Å². The van der Waals surface area contributed by atoms with Crippen molar-refractivity contribution >= 4 is 17.6 Å². The van der Waals surface area contributed by atoms with Crippen LogP contribution < -0.4 is 4.74 Å². The van der Waals surface area contributed by atoms with Crippen LogP contribution in [0.1, 0.15) is 37.9 Å². The van der Waals surface area contributed by atoms with Crippen molar-refractivity contribution in [3.05, 3.63) is 70.9 Å². The Morgan fingerprint density at radius 2 is 1.97 bits per heavy atom. The van der Waals surface area contributed by atoms with Gasteiger partial charge in [0.05, 0.1) is 30.6 Å². The molecule has 7 heteroatoms. The summed E-state index contributed by atoms with van der Waals surface area (Å²) in [6.45, 7) is 3.66. The summed E-state index contributed by atoms with van der Waals surface area (Å²) in [5.74, 6) is -0.184. The maximum absolute atomic E-state index is 11.4. The smallest absolute Gasteiger partial charge is 0.335 e. The molecule has 0 saturated heterocycles. The highest BCUT2D eigenvalue weighted by atomic mass is 35.5. The van der Waals surface area contributed by atoms with Gasteiger partial charge in [0.25, 0.3) is 0 Å². The van der Waals surface area contributed by atoms with Gasteiger partial charge in [0.2, 0.25) is 0 Å². The van der Waals surface area contributed by atoms with Gasteiger partial charge in [-0.3, -0.25) is 4.68 Å². The van der Waals surface area contributed by atoms with E-state index in [0.29, 0.717) is 23.4 Å². The Morgan fingerprint density at radius 3 is 2.68 bits per heavy atom. The van der Waals surface area contributed by atoms with E-state index in [1.54, 1.807) is 0 Å². The number of carboxylic acids is 1. The quantitative estimate of drug-likeness (QED) is 0.496. The van der Waals surface area contributed by atoms with E-state index in [-0.39, 0.29) is 6.61 Å². The number of aromatic nitrogens is 2. The third kappa shape index (κ3) is 5.46. The first-order valence-corrected chi connectivity index (χ1v) is 10.6. The molecule has 0 amide bonds. The number of halogens is 1. The second-order valence-electron chi connectivity index (χ2n) is 8.26. The Morgan fingerprint density at radius 1 is 1.19 bits per heavy atom. The number of carboxylic acid groups (broad SMARTS) is 1. The van der Waals surface area contributed by atoms with Crippen LogP contribution in [0.25, 0.3) is 11.3 Å². The fourth-order valence-corrected chi connectivity index (χ4v) is 3.34. The van der Waals surface area contributed by atoms with Gasteiger partial charge < -0.3 is 14.6 Å². The largest absolute Gasteiger partial charge is 0.490 e. The van der Waals surface area contributed by atoms with Gasteiger partial charge in [0.1, 0.15) is 5.75 Å². The first-order chi connectivity index (χ1) is 14.8. The highest BCUT2D eigenvalue weighted by Crippen LogP contribution is 2.31. The van der Waals surface area contributed by atoms with Gasteiger partial charge in [-0.15, -0.1) is 0 Å². The SMILES string of the molecule is CC(C)(OCc1cc(-c2cccc(OC3CC3)c2)n(Cc2cccc(Cl)c2)n1)C(=O)O. The van der Waals surface area contributed by atoms with Crippen LogP contribution in [-0.4, -0.2) is 32.6 Å². The van der Waals surface area contributed by atoms with Crippen LogP contribution in [0.3, 0.4) is 0 Å². The zero-order valence-electron chi connectivity index (χ0n) is 17.5. The number of ether oxygens (including phenoxy) is 2. The van der Waals surface area contributed by atoms with Gasteiger partial charge in [-0.25, -0.2) is 4.79 Å². The van der Waals surface area contributed by atoms with Crippen molar-refractivity contribution in [3.63, 3.8) is 0 Å². The summed E-state index contributed by atoms with van der Waals surface area (Å²) >= 11 is 6.16. The van der Waals surface area contributed by atoms with E-state index in [1.165, 1.54) is 13.8 Å². The standard InChI is InChI=1S/C24H25ClN2O4/c1-24(2,23(28)29)30-15-19-13-22(17-6-4-8-21(12-17)31-20-9-10-20)27(26-19)14-16-5-3-7-18(25)11-16/h3-8,11-13,20H,9-10,14-15H2,1-2H3,(H,28,29). The van der Waals surface area contributed by atoms with E-state index < -0.39 is 11.6 Å². The minimum absolute atomic E-state index is 0.0904. The maximum Gasteiger partial charge on any atom is 0.335 e. The molecular weight excluding hydrogens is 416 g/mol. The minimum atomic E-state index is -1.30. The number of nitrogens with zero attached hydrogens (tertiary/aromatic N) is 2. The molecule has 0 aliphatic heterocycles. The second kappa shape index (κ2) is 8.73. The molecule has 0 atom stereocenters. The van der Waals surface area contributed by atoms with E-state index in [9.17, 15) is 9.90 Å². The molecule has 1 aliphatic rings. The zero-order valence-corrected chi connectivity index (χ0v) is 18.3. The van der Waals surface area contributed by atoms with Crippen molar-refractivity contribution in [1.82, 2.24) is 9.78 Å². The highest BCUT2D eigenvalue weighted by molar-refractivity contribution is 6.30. The number of aliphatic carboxylic acids is 1. The summed E-state index contributed by atoms with van der Waals surface area (Å²) in [5.41, 5.74) is 2.24. The third-order valence-corrected chi connectivity index (χ3v) is 5.34. The predicted octanol–water partition coefficient (Wildman–Crippen LogP) is 5.17. The van der Waals surface area contributed by atoms with Gasteiger partial charge in [0, 0.05) is 10.6 Å². The van der Waals surface area contributed by atoms with Gasteiger partial charge in [-0.05, 0) is 62.6 Å². The monoisotopic (exact) mass is 440 g/mol. The number of carbonyl (C=O) groups is 1. The van der Waals surface area contributed by atoms with Crippen molar-refractivity contribution in [2.24, 2.45) is 0 Å². The summed E-state index contributed by atoms with van der Waals surface area (Å²) < 4.78 is 13.4. The lowest BCUT2D eigenvalue weighted by atomic mass is 10.1. The number of hydrogen-bond acceptors (Lipinski definition) is 4. The molecule has 2 aromatic carbocycles. The number of benzene rings is 2. The van der Waals surface area contributed by atoms with Crippen molar-refractivity contribution < 1.29 is 19.4 Å². The Hall–Kier alpha value is -2.83. The fourth-order valence-electron chi connectivity index (χ4n) is 3.12. The molecule has 0 bridgehead atoms. The second-order valence-corrected chi connectivity index (χ2v) is 8.69. The van der Waals surface area contributed by atoms with Crippen LogP contribution in [0.5, 0.6) is 5.75 Å². The molecule has 1 fully saturated rings. The average molecular weight is 441 g/mol. The summed E-state index contributed by atoms with van der Waals surface area (Å²) in [4.78, 5) is 11.4. The molecule has 1 N–H and O–H groups in total. The minimum Gasteiger partial charge on any atom is -0.490 e. The summed E-state index contributed by atoms with van der Waals surface area (Å²) in [6, 6.07) is 17.5. The third-order valence-electron chi connectivity index (χ3n) is 5.10. The molecule has 4 rings (SSSR count). The van der Waals surface area contributed by atoms with E-state index >= 15 is 0 Å². The lowest BCUT2D eigenvalue weighted by Gasteiger charge is -2.19. The lowest BCUT2D eigenvalue weighted by molar-refractivity contribution is -0.162. The molecule has 1 saturated carbocycles. The predicted molar refractivity (Wildman–Crippen MR) is 118 cm³/mol. The Kier molecular flexibility index (Phi) is 6.03. The molecule has 1 aromatic heterocycles. The van der Waals surface area contributed by atoms with Crippen molar-refractivity contribution in [1.29, 1.82) is 0 Å². The molecule has 1 aliphatic carbocycles. The number of rotatable bonds is 9. The van der Waals surface area contributed by atoms with Crippen molar-refractivity contribution in [2.75, 3.05) is 0 Å². The maximum atomic E-state index is 11.4. The molecule has 0 spiro atoms. The van der Waals surface area contributed by atoms with Crippen LogP contribution in [0.2, 0.25) is 5.02 Å². The molecule has 6 nitrogen and oxygen atoms in total. The topological polar surface area (TPSA) is 73.6 Å². The van der Waals surface area contributed by atoms with Gasteiger partial charge in [-0.1, -0.05) is 35.9 Å². The molecule has 0 radical (unpaired) electrons. The van der Waals surface area contributed by atoms with E-state index in [2.05, 4.69) is 0 Å². The van der Waals surface area contributed by atoms with E-state index in [0.717, 1.165) is 35.4 Å². The molecule has 0 unspecified atom stereocenters.